The van der Waals surface area contributed by atoms with Gasteiger partial charge >= 0.3 is 5.97 Å². The molecule has 20 heavy (non-hydrogen) atoms. The van der Waals surface area contributed by atoms with E-state index in [1.807, 2.05) is 0 Å². The van der Waals surface area contributed by atoms with Gasteiger partial charge in [-0.25, -0.2) is 4.79 Å². The lowest BCUT2D eigenvalue weighted by Crippen LogP contribution is -2.26. The zero-order valence-electron chi connectivity index (χ0n) is 10.4. The second-order valence-corrected chi connectivity index (χ2v) is 4.65. The van der Waals surface area contributed by atoms with E-state index >= 15 is 0 Å². The van der Waals surface area contributed by atoms with Crippen molar-refractivity contribution in [2.45, 2.75) is 0 Å². The quantitative estimate of drug-likeness (QED) is 0.597. The fourth-order valence-corrected chi connectivity index (χ4v) is 1.85. The van der Waals surface area contributed by atoms with E-state index in [-0.39, 0.29) is 25.7 Å². The molecule has 0 aliphatic carbocycles. The van der Waals surface area contributed by atoms with Crippen molar-refractivity contribution >= 4 is 41.2 Å². The van der Waals surface area contributed by atoms with Crippen molar-refractivity contribution in [1.29, 1.82) is 0 Å². The van der Waals surface area contributed by atoms with Gasteiger partial charge in [-0.05, 0) is 29.8 Å². The number of rotatable bonds is 7. The lowest BCUT2D eigenvalue weighted by molar-refractivity contribution is -0.142. The van der Waals surface area contributed by atoms with Crippen molar-refractivity contribution in [2.24, 2.45) is 0 Å². The maximum Gasteiger partial charge on any atom is 0.329 e. The van der Waals surface area contributed by atoms with Crippen LogP contribution in [0.1, 0.15) is 5.56 Å². The van der Waals surface area contributed by atoms with Crippen LogP contribution in [-0.4, -0.2) is 36.7 Å². The summed E-state index contributed by atoms with van der Waals surface area (Å²) >= 11 is 11.7. The number of nitrogens with one attached hydrogen (secondary N) is 1. The summed E-state index contributed by atoms with van der Waals surface area (Å²) in [5.74, 6) is -1.37. The minimum atomic E-state index is -1.05. The van der Waals surface area contributed by atoms with Crippen LogP contribution in [-0.2, 0) is 14.3 Å². The Morgan fingerprint density at radius 1 is 1.25 bits per heavy atom. The lowest BCUT2D eigenvalue weighted by atomic mass is 10.2. The van der Waals surface area contributed by atoms with E-state index in [0.29, 0.717) is 15.6 Å². The van der Waals surface area contributed by atoms with Crippen LogP contribution in [0.4, 0.5) is 0 Å². The molecule has 0 bridgehead atoms. The topological polar surface area (TPSA) is 75.6 Å². The third-order valence-electron chi connectivity index (χ3n) is 2.08. The van der Waals surface area contributed by atoms with Gasteiger partial charge in [0.2, 0.25) is 5.91 Å². The number of hydrogen-bond acceptors (Lipinski definition) is 3. The van der Waals surface area contributed by atoms with Crippen molar-refractivity contribution in [2.75, 3.05) is 19.8 Å². The van der Waals surface area contributed by atoms with Crippen LogP contribution < -0.4 is 5.32 Å². The van der Waals surface area contributed by atoms with E-state index in [1.165, 1.54) is 6.08 Å². The van der Waals surface area contributed by atoms with Crippen LogP contribution in [0.15, 0.2) is 24.3 Å². The molecule has 0 radical (unpaired) electrons. The highest BCUT2D eigenvalue weighted by Crippen LogP contribution is 2.19. The van der Waals surface area contributed by atoms with E-state index in [2.05, 4.69) is 5.32 Å². The summed E-state index contributed by atoms with van der Waals surface area (Å²) in [6.45, 7) is -0.0195. The average molecular weight is 318 g/mol. The van der Waals surface area contributed by atoms with E-state index in [0.717, 1.165) is 0 Å². The highest BCUT2D eigenvalue weighted by molar-refractivity contribution is 6.34. The van der Waals surface area contributed by atoms with Gasteiger partial charge in [-0.3, -0.25) is 4.79 Å². The highest BCUT2D eigenvalue weighted by atomic mass is 35.5. The first-order chi connectivity index (χ1) is 9.47. The SMILES string of the molecule is O=C(O)COCCNC(=O)C=Cc1cc(Cl)cc(Cl)c1. The zero-order chi connectivity index (χ0) is 15.0. The van der Waals surface area contributed by atoms with Gasteiger partial charge in [0.05, 0.1) is 6.61 Å². The summed E-state index contributed by atoms with van der Waals surface area (Å²) in [6.07, 6.45) is 2.91. The molecule has 0 aromatic heterocycles. The number of ether oxygens (including phenoxy) is 1. The molecule has 0 spiro atoms. The number of hydrogen-bond donors (Lipinski definition) is 2. The number of carboxylic acids is 1. The first-order valence-electron chi connectivity index (χ1n) is 5.69. The number of benzene rings is 1. The number of aliphatic carboxylic acids is 1. The Balaban J connectivity index is 2.34. The summed E-state index contributed by atoms with van der Waals surface area (Å²) in [7, 11) is 0. The van der Waals surface area contributed by atoms with Crippen molar-refractivity contribution in [1.82, 2.24) is 5.32 Å². The van der Waals surface area contributed by atoms with Gasteiger partial charge in [0, 0.05) is 22.7 Å². The molecule has 0 fully saturated rings. The predicted molar refractivity (Wildman–Crippen MR) is 77.0 cm³/mol. The minimum absolute atomic E-state index is 0.134. The van der Waals surface area contributed by atoms with Crippen LogP contribution in [0.2, 0.25) is 10.0 Å². The van der Waals surface area contributed by atoms with Crippen LogP contribution in [0.25, 0.3) is 6.08 Å². The van der Waals surface area contributed by atoms with Crippen molar-refractivity contribution in [3.63, 3.8) is 0 Å². The Morgan fingerprint density at radius 3 is 2.50 bits per heavy atom. The summed E-state index contributed by atoms with van der Waals surface area (Å²) in [5.41, 5.74) is 0.708. The average Bonchev–Trinajstić information content (AvgIpc) is 2.34. The first-order valence-corrected chi connectivity index (χ1v) is 6.44. The molecule has 0 saturated carbocycles. The normalized spacial score (nSPS) is 10.7. The van der Waals surface area contributed by atoms with E-state index < -0.39 is 5.97 Å². The van der Waals surface area contributed by atoms with Gasteiger partial charge in [0.15, 0.2) is 0 Å². The Kier molecular flexibility index (Phi) is 7.08. The highest BCUT2D eigenvalue weighted by Gasteiger charge is 1.99. The molecule has 7 heteroatoms. The van der Waals surface area contributed by atoms with Gasteiger partial charge in [-0.2, -0.15) is 0 Å². The Hall–Kier alpha value is -1.56. The summed E-state index contributed by atoms with van der Waals surface area (Å²) in [5, 5.41) is 11.8. The smallest absolute Gasteiger partial charge is 0.329 e. The fourth-order valence-electron chi connectivity index (χ4n) is 1.31. The number of amides is 1. The monoisotopic (exact) mass is 317 g/mol. The summed E-state index contributed by atoms with van der Waals surface area (Å²) in [6, 6.07) is 4.95. The van der Waals surface area contributed by atoms with Gasteiger partial charge in [-0.1, -0.05) is 23.2 Å². The lowest BCUT2D eigenvalue weighted by Gasteiger charge is -2.02. The van der Waals surface area contributed by atoms with Crippen LogP contribution in [0.3, 0.4) is 0 Å². The molecule has 1 aromatic carbocycles. The Bertz CT molecular complexity index is 497. The van der Waals surface area contributed by atoms with Gasteiger partial charge in [0.25, 0.3) is 0 Å². The molecule has 0 atom stereocenters. The maximum absolute atomic E-state index is 11.4. The molecule has 5 nitrogen and oxygen atoms in total. The first kappa shape index (κ1) is 16.5. The largest absolute Gasteiger partial charge is 0.480 e. The van der Waals surface area contributed by atoms with E-state index in [9.17, 15) is 9.59 Å². The zero-order valence-corrected chi connectivity index (χ0v) is 11.9. The molecule has 1 amide bonds. The summed E-state index contributed by atoms with van der Waals surface area (Å²) in [4.78, 5) is 21.6. The van der Waals surface area contributed by atoms with E-state index in [4.69, 9.17) is 33.0 Å². The Labute approximate surface area is 126 Å². The van der Waals surface area contributed by atoms with Gasteiger partial charge < -0.3 is 15.2 Å². The standard InChI is InChI=1S/C13H13Cl2NO4/c14-10-5-9(6-11(15)7-10)1-2-12(17)16-3-4-20-8-13(18)19/h1-2,5-7H,3-4,8H2,(H,16,17)(H,18,19). The molecule has 0 unspecified atom stereocenters. The number of halogens is 2. The number of carboxylic acid groups (broad SMARTS) is 1. The second-order valence-electron chi connectivity index (χ2n) is 3.77. The molecule has 1 rings (SSSR count). The second kappa shape index (κ2) is 8.58. The fraction of sp³-hybridized carbons (Fsp3) is 0.231. The van der Waals surface area contributed by atoms with Gasteiger partial charge in [0.1, 0.15) is 6.61 Å². The van der Waals surface area contributed by atoms with Crippen LogP contribution in [0.5, 0.6) is 0 Å². The van der Waals surface area contributed by atoms with Crippen molar-refractivity contribution in [3.8, 4) is 0 Å². The van der Waals surface area contributed by atoms with Crippen LogP contribution >= 0.6 is 23.2 Å². The molecule has 0 aliphatic heterocycles. The molecular formula is C13H13Cl2NO4. The molecule has 1 aromatic rings. The molecule has 108 valence electrons. The van der Waals surface area contributed by atoms with E-state index in [1.54, 1.807) is 24.3 Å². The predicted octanol–water partition coefficient (Wildman–Crippen LogP) is 2.22. The number of carbonyl (C=O) groups is 2. The molecule has 0 heterocycles. The third kappa shape index (κ3) is 7.13. The van der Waals surface area contributed by atoms with Crippen molar-refractivity contribution in [3.05, 3.63) is 39.9 Å². The molecule has 2 N–H and O–H groups in total. The van der Waals surface area contributed by atoms with Gasteiger partial charge in [-0.15, -0.1) is 0 Å². The summed E-state index contributed by atoms with van der Waals surface area (Å²) < 4.78 is 4.77. The van der Waals surface area contributed by atoms with Crippen molar-refractivity contribution < 1.29 is 19.4 Å². The third-order valence-corrected chi connectivity index (χ3v) is 2.52. The Morgan fingerprint density at radius 2 is 1.90 bits per heavy atom. The molecular weight excluding hydrogens is 305 g/mol. The molecule has 0 saturated heterocycles. The maximum atomic E-state index is 11.4. The molecule has 0 aliphatic rings. The minimum Gasteiger partial charge on any atom is -0.480 e. The number of carbonyl (C=O) groups excluding carboxylic acids is 1. The van der Waals surface area contributed by atoms with Crippen LogP contribution in [0, 0.1) is 0 Å².